The highest BCUT2D eigenvalue weighted by Gasteiger charge is 2.30. The zero-order valence-electron chi connectivity index (χ0n) is 14.4. The van der Waals surface area contributed by atoms with Crippen LogP contribution in [0.1, 0.15) is 42.8 Å². The van der Waals surface area contributed by atoms with Gasteiger partial charge in [-0.05, 0) is 38.8 Å². The number of urea groups is 1. The maximum atomic E-state index is 12.4. The van der Waals surface area contributed by atoms with Crippen molar-refractivity contribution in [2.75, 3.05) is 33.7 Å². The maximum Gasteiger partial charge on any atom is 0.317 e. The molecule has 1 aliphatic heterocycles. The van der Waals surface area contributed by atoms with Crippen LogP contribution in [0.2, 0.25) is 0 Å². The topological polar surface area (TPSA) is 48.5 Å². The van der Waals surface area contributed by atoms with Crippen LogP contribution in [0.15, 0.2) is 5.38 Å². The molecule has 1 aromatic rings. The Bertz CT molecular complexity index is 542. The largest absolute Gasteiger partial charge is 0.338 e. The molecule has 1 aromatic heterocycles. The first-order valence-electron chi connectivity index (χ1n) is 8.68. The van der Waals surface area contributed by atoms with E-state index in [1.165, 1.54) is 18.5 Å². The molecule has 0 unspecified atom stereocenters. The number of piperidine rings is 1. The predicted octanol–water partition coefficient (Wildman–Crippen LogP) is 2.54. The van der Waals surface area contributed by atoms with Crippen LogP contribution >= 0.6 is 11.3 Å². The zero-order chi connectivity index (χ0) is 16.4. The minimum Gasteiger partial charge on any atom is -0.338 e. The van der Waals surface area contributed by atoms with Gasteiger partial charge in [0.15, 0.2) is 0 Å². The molecule has 5 nitrogen and oxygen atoms in total. The summed E-state index contributed by atoms with van der Waals surface area (Å²) in [5, 5.41) is 6.38. The van der Waals surface area contributed by atoms with Crippen molar-refractivity contribution in [1.29, 1.82) is 0 Å². The van der Waals surface area contributed by atoms with E-state index >= 15 is 0 Å². The number of rotatable bonds is 5. The molecule has 2 amide bonds. The Hall–Kier alpha value is -1.14. The molecule has 1 N–H and O–H groups in total. The molecule has 2 atom stereocenters. The summed E-state index contributed by atoms with van der Waals surface area (Å²) in [6, 6.07) is 0.387. The van der Waals surface area contributed by atoms with E-state index in [9.17, 15) is 4.79 Å². The number of likely N-dealkylation sites (tertiary alicyclic amines) is 1. The smallest absolute Gasteiger partial charge is 0.317 e. The average molecular weight is 337 g/mol. The van der Waals surface area contributed by atoms with Crippen LogP contribution < -0.4 is 5.32 Å². The minimum absolute atomic E-state index is 0.0466. The van der Waals surface area contributed by atoms with E-state index in [1.807, 2.05) is 11.9 Å². The van der Waals surface area contributed by atoms with Crippen molar-refractivity contribution in [2.24, 2.45) is 5.92 Å². The van der Waals surface area contributed by atoms with E-state index in [0.717, 1.165) is 30.9 Å². The summed E-state index contributed by atoms with van der Waals surface area (Å²) in [5.41, 5.74) is 1.26. The summed E-state index contributed by atoms with van der Waals surface area (Å²) in [4.78, 5) is 21.3. The Kier molecular flexibility index (Phi) is 5.21. The lowest BCUT2D eigenvalue weighted by molar-refractivity contribution is 0.107. The van der Waals surface area contributed by atoms with Crippen LogP contribution in [0.5, 0.6) is 0 Å². The second kappa shape index (κ2) is 7.18. The van der Waals surface area contributed by atoms with Crippen molar-refractivity contribution < 1.29 is 4.79 Å². The number of nitrogens with one attached hydrogen (secondary N) is 1. The van der Waals surface area contributed by atoms with E-state index in [-0.39, 0.29) is 6.03 Å². The van der Waals surface area contributed by atoms with Crippen molar-refractivity contribution in [3.8, 4) is 0 Å². The number of hydrogen-bond donors (Lipinski definition) is 1. The van der Waals surface area contributed by atoms with E-state index in [1.54, 1.807) is 11.3 Å². The monoisotopic (exact) mass is 336 g/mol. The summed E-state index contributed by atoms with van der Waals surface area (Å²) in [6.07, 6.45) is 4.47. The molecule has 128 valence electrons. The SMILES string of the molecule is C[C@H]1CN(C)CC[C@@H]1N(C)C(=O)NCCc1nc(C2CC2)cs1. The van der Waals surface area contributed by atoms with Crippen molar-refractivity contribution in [2.45, 2.75) is 44.6 Å². The Balaban J connectivity index is 1.42. The first-order valence-corrected chi connectivity index (χ1v) is 9.56. The highest BCUT2D eigenvalue weighted by Crippen LogP contribution is 2.40. The fourth-order valence-corrected chi connectivity index (χ4v) is 4.36. The van der Waals surface area contributed by atoms with Gasteiger partial charge in [0.25, 0.3) is 0 Å². The van der Waals surface area contributed by atoms with Crippen LogP contribution in [0.4, 0.5) is 4.79 Å². The summed E-state index contributed by atoms with van der Waals surface area (Å²) >= 11 is 1.73. The average Bonchev–Trinajstić information content (AvgIpc) is 3.26. The molecule has 2 fully saturated rings. The Morgan fingerprint density at radius 2 is 2.26 bits per heavy atom. The van der Waals surface area contributed by atoms with Crippen LogP contribution in [0.3, 0.4) is 0 Å². The van der Waals surface area contributed by atoms with Gasteiger partial charge in [0, 0.05) is 43.9 Å². The molecule has 0 bridgehead atoms. The Morgan fingerprint density at radius 3 is 2.96 bits per heavy atom. The van der Waals surface area contributed by atoms with Gasteiger partial charge in [0.1, 0.15) is 0 Å². The highest BCUT2D eigenvalue weighted by molar-refractivity contribution is 7.09. The van der Waals surface area contributed by atoms with Crippen LogP contribution in [-0.4, -0.2) is 60.6 Å². The van der Waals surface area contributed by atoms with Gasteiger partial charge >= 0.3 is 6.03 Å². The van der Waals surface area contributed by atoms with Crippen molar-refractivity contribution in [1.82, 2.24) is 20.1 Å². The highest BCUT2D eigenvalue weighted by atomic mass is 32.1. The second-order valence-corrected chi connectivity index (χ2v) is 8.07. The number of amides is 2. The maximum absolute atomic E-state index is 12.4. The molecule has 2 aliphatic rings. The lowest BCUT2D eigenvalue weighted by atomic mass is 9.93. The van der Waals surface area contributed by atoms with Gasteiger partial charge in [0.2, 0.25) is 0 Å². The van der Waals surface area contributed by atoms with Gasteiger partial charge in [-0.1, -0.05) is 6.92 Å². The first-order chi connectivity index (χ1) is 11.0. The summed E-state index contributed by atoms with van der Waals surface area (Å²) < 4.78 is 0. The summed E-state index contributed by atoms with van der Waals surface area (Å²) in [5.74, 6) is 1.23. The van der Waals surface area contributed by atoms with Gasteiger partial charge in [-0.25, -0.2) is 9.78 Å². The van der Waals surface area contributed by atoms with E-state index in [2.05, 4.69) is 34.6 Å². The number of carbonyl (C=O) groups excluding carboxylic acids is 1. The van der Waals surface area contributed by atoms with Crippen molar-refractivity contribution in [3.05, 3.63) is 16.1 Å². The minimum atomic E-state index is 0.0466. The van der Waals surface area contributed by atoms with Crippen molar-refractivity contribution in [3.63, 3.8) is 0 Å². The third kappa shape index (κ3) is 4.23. The van der Waals surface area contributed by atoms with Gasteiger partial charge in [-0.3, -0.25) is 0 Å². The Labute approximate surface area is 143 Å². The molecule has 3 rings (SSSR count). The third-order valence-electron chi connectivity index (χ3n) is 5.06. The molecule has 6 heteroatoms. The lowest BCUT2D eigenvalue weighted by Crippen LogP contribution is -2.52. The number of thiazole rings is 1. The van der Waals surface area contributed by atoms with Gasteiger partial charge in [0.05, 0.1) is 10.7 Å². The quantitative estimate of drug-likeness (QED) is 0.899. The third-order valence-corrected chi connectivity index (χ3v) is 5.99. The molecule has 0 aromatic carbocycles. The molecule has 0 radical (unpaired) electrons. The fourth-order valence-electron chi connectivity index (χ4n) is 3.48. The number of nitrogens with zero attached hydrogens (tertiary/aromatic N) is 3. The molecule has 1 saturated carbocycles. The molecular formula is C17H28N4OS. The van der Waals surface area contributed by atoms with Crippen LogP contribution in [0, 0.1) is 5.92 Å². The molecule has 2 heterocycles. The second-order valence-electron chi connectivity index (χ2n) is 7.13. The van der Waals surface area contributed by atoms with Crippen LogP contribution in [-0.2, 0) is 6.42 Å². The lowest BCUT2D eigenvalue weighted by Gasteiger charge is -2.39. The van der Waals surface area contributed by atoms with Gasteiger partial charge in [-0.2, -0.15) is 0 Å². The molecule has 0 spiro atoms. The summed E-state index contributed by atoms with van der Waals surface area (Å²) in [7, 11) is 4.08. The van der Waals surface area contributed by atoms with Gasteiger partial charge in [-0.15, -0.1) is 11.3 Å². The molecule has 23 heavy (non-hydrogen) atoms. The Morgan fingerprint density at radius 1 is 1.48 bits per heavy atom. The number of hydrogen-bond acceptors (Lipinski definition) is 4. The number of aromatic nitrogens is 1. The summed E-state index contributed by atoms with van der Waals surface area (Å²) in [6.45, 7) is 5.03. The molecule has 1 saturated heterocycles. The first kappa shape index (κ1) is 16.7. The standard InChI is InChI=1S/C17H28N4OS/c1-12-10-20(2)9-7-15(12)21(3)17(22)18-8-6-16-19-14(11-23-16)13-4-5-13/h11-13,15H,4-10H2,1-3H3,(H,18,22)/t12-,15-/m0/s1. The fraction of sp³-hybridized carbons (Fsp3) is 0.765. The predicted molar refractivity (Wildman–Crippen MR) is 94.0 cm³/mol. The zero-order valence-corrected chi connectivity index (χ0v) is 15.2. The van der Waals surface area contributed by atoms with Gasteiger partial charge < -0.3 is 15.1 Å². The van der Waals surface area contributed by atoms with Crippen LogP contribution in [0.25, 0.3) is 0 Å². The van der Waals surface area contributed by atoms with E-state index in [4.69, 9.17) is 0 Å². The number of carbonyl (C=O) groups is 1. The molecular weight excluding hydrogens is 308 g/mol. The van der Waals surface area contributed by atoms with Crippen molar-refractivity contribution >= 4 is 17.4 Å². The normalized spacial score (nSPS) is 25.3. The van der Waals surface area contributed by atoms with E-state index < -0.39 is 0 Å². The van der Waals surface area contributed by atoms with E-state index in [0.29, 0.717) is 24.4 Å². The molecule has 1 aliphatic carbocycles.